The molecule has 6 atom stereocenters. The molecule has 13 heteroatoms. The Labute approximate surface area is 326 Å². The van der Waals surface area contributed by atoms with E-state index in [9.17, 15) is 19.5 Å². The maximum Gasteiger partial charge on any atom is 0.260 e. The number of hydrogen-bond donors (Lipinski definition) is 2. The third kappa shape index (κ3) is 5.21. The van der Waals surface area contributed by atoms with Crippen molar-refractivity contribution in [1.82, 2.24) is 5.01 Å². The molecule has 3 fully saturated rings. The summed E-state index contributed by atoms with van der Waals surface area (Å²) in [6.45, 7) is 1.83. The van der Waals surface area contributed by atoms with Crippen molar-refractivity contribution in [3.63, 3.8) is 0 Å². The fourth-order valence-electron chi connectivity index (χ4n) is 9.13. The lowest BCUT2D eigenvalue weighted by atomic mass is 9.49. The first kappa shape index (κ1) is 36.0. The van der Waals surface area contributed by atoms with E-state index in [1.165, 1.54) is 31.3 Å². The highest BCUT2D eigenvalue weighted by Crippen LogP contribution is 2.66. The van der Waals surface area contributed by atoms with E-state index in [0.29, 0.717) is 32.6 Å². The van der Waals surface area contributed by atoms with Gasteiger partial charge in [-0.15, -0.1) is 0 Å². The van der Waals surface area contributed by atoms with Gasteiger partial charge >= 0.3 is 0 Å². The minimum absolute atomic E-state index is 0.0457. The quantitative estimate of drug-likeness (QED) is 0.143. The van der Waals surface area contributed by atoms with Crippen molar-refractivity contribution in [2.45, 2.75) is 31.1 Å². The van der Waals surface area contributed by atoms with E-state index in [-0.39, 0.29) is 46.5 Å². The molecule has 276 valence electrons. The van der Waals surface area contributed by atoms with Crippen LogP contribution in [0.5, 0.6) is 17.2 Å². The number of halogens is 3. The van der Waals surface area contributed by atoms with E-state index in [4.69, 9.17) is 44.3 Å². The smallest absolute Gasteiger partial charge is 0.260 e. The minimum Gasteiger partial charge on any atom is -0.508 e. The number of nitrogens with one attached hydrogen (secondary N) is 1. The number of allylic oxidation sites excluding steroid dienone is 2. The molecule has 0 bridgehead atoms. The van der Waals surface area contributed by atoms with Gasteiger partial charge in [-0.2, -0.15) is 5.01 Å². The number of aromatic hydroxyl groups is 1. The first-order valence-electron chi connectivity index (χ1n) is 17.4. The molecular weight excluding hydrogens is 753 g/mol. The van der Waals surface area contributed by atoms with Gasteiger partial charge in [0.15, 0.2) is 0 Å². The average molecular weight is 787 g/mol. The summed E-state index contributed by atoms with van der Waals surface area (Å²) < 4.78 is 11.3. The lowest BCUT2D eigenvalue weighted by molar-refractivity contribution is -0.138. The molecule has 1 saturated carbocycles. The third-order valence-electron chi connectivity index (χ3n) is 11.5. The fraction of sp³-hybridized carbons (Fsp3) is 0.268. The molecule has 0 spiro atoms. The molecule has 2 aliphatic carbocycles. The Morgan fingerprint density at radius 2 is 1.59 bits per heavy atom. The van der Waals surface area contributed by atoms with Crippen LogP contribution in [0.3, 0.4) is 0 Å². The van der Waals surface area contributed by atoms with Crippen LogP contribution in [0.4, 0.5) is 11.4 Å². The molecule has 4 aromatic carbocycles. The number of carbonyl (C=O) groups excluding carboxylic acids is 4. The van der Waals surface area contributed by atoms with E-state index in [0.717, 1.165) is 10.6 Å². The summed E-state index contributed by atoms with van der Waals surface area (Å²) in [6.07, 6.45) is 2.14. The standard InChI is InChI=1S/C41H34Cl3N3O7/c1-20-7-11-23(18-29(20)43)46-37(49)26-15-14-25-27(34(26)39(46)51)19-28-38(50)47(45-31-16-10-22(42)17-30(31)44)40(52)41(28,21-8-12-24(53-2)13-9-21)36(25)35-32(48)5-4-6-33(35)54-3/h4-14,16-18,26-28,34,36,45,48H,15,19H2,1-3H3/t26-,27+,28-,34-,36+,41+/m0/s1. The molecule has 4 amide bonds. The number of fused-ring (bicyclic) bond motifs is 4. The van der Waals surface area contributed by atoms with Gasteiger partial charge in [0.25, 0.3) is 11.8 Å². The molecular formula is C41H34Cl3N3O7. The van der Waals surface area contributed by atoms with Crippen molar-refractivity contribution in [1.29, 1.82) is 0 Å². The van der Waals surface area contributed by atoms with Crippen molar-refractivity contribution in [2.24, 2.45) is 23.7 Å². The number of aryl methyl sites for hydroxylation is 1. The fourth-order valence-corrected chi connectivity index (χ4v) is 9.76. The molecule has 54 heavy (non-hydrogen) atoms. The van der Waals surface area contributed by atoms with Gasteiger partial charge in [0, 0.05) is 21.5 Å². The van der Waals surface area contributed by atoms with Crippen molar-refractivity contribution < 1.29 is 33.8 Å². The predicted octanol–water partition coefficient (Wildman–Crippen LogP) is 7.87. The lowest BCUT2D eigenvalue weighted by Crippen LogP contribution is -2.53. The number of rotatable bonds is 7. The van der Waals surface area contributed by atoms with Crippen LogP contribution in [-0.4, -0.2) is 48.0 Å². The Hall–Kier alpha value is -5.03. The number of phenols is 1. The van der Waals surface area contributed by atoms with Gasteiger partial charge in [0.2, 0.25) is 11.8 Å². The van der Waals surface area contributed by atoms with E-state index in [2.05, 4.69) is 5.43 Å². The molecule has 2 aliphatic heterocycles. The summed E-state index contributed by atoms with van der Waals surface area (Å²) in [4.78, 5) is 60.4. The van der Waals surface area contributed by atoms with E-state index < -0.39 is 52.7 Å². The van der Waals surface area contributed by atoms with Gasteiger partial charge in [-0.05, 0) is 91.4 Å². The number of benzene rings is 4. The zero-order valence-electron chi connectivity index (χ0n) is 29.3. The normalized spacial score (nSPS) is 26.0. The summed E-state index contributed by atoms with van der Waals surface area (Å²) in [5.74, 6) is -5.66. The highest BCUT2D eigenvalue weighted by atomic mass is 35.5. The maximum atomic E-state index is 15.5. The Morgan fingerprint density at radius 1 is 0.833 bits per heavy atom. The second-order valence-electron chi connectivity index (χ2n) is 14.1. The molecule has 0 aromatic heterocycles. The minimum atomic E-state index is -1.67. The Kier molecular flexibility index (Phi) is 8.91. The van der Waals surface area contributed by atoms with Crippen LogP contribution in [-0.2, 0) is 24.6 Å². The maximum absolute atomic E-state index is 15.5. The molecule has 0 radical (unpaired) electrons. The van der Waals surface area contributed by atoms with Crippen LogP contribution in [0.2, 0.25) is 15.1 Å². The number of phenolic OH excluding ortho intramolecular Hbond substituents is 1. The summed E-state index contributed by atoms with van der Waals surface area (Å²) in [5, 5.41) is 13.7. The molecule has 4 aromatic rings. The van der Waals surface area contributed by atoms with Crippen molar-refractivity contribution in [3.8, 4) is 17.2 Å². The Morgan fingerprint density at radius 3 is 2.28 bits per heavy atom. The number of nitrogens with zero attached hydrogens (tertiary/aromatic N) is 2. The highest BCUT2D eigenvalue weighted by Gasteiger charge is 2.71. The molecule has 8 rings (SSSR count). The Balaban J connectivity index is 1.35. The molecule has 10 nitrogen and oxygen atoms in total. The van der Waals surface area contributed by atoms with Crippen molar-refractivity contribution in [2.75, 3.05) is 24.5 Å². The first-order chi connectivity index (χ1) is 25.9. The van der Waals surface area contributed by atoms with E-state index >= 15 is 4.79 Å². The number of hydrazine groups is 1. The van der Waals surface area contributed by atoms with Crippen LogP contribution in [0.15, 0.2) is 90.5 Å². The average Bonchev–Trinajstić information content (AvgIpc) is 3.54. The number of hydrogen-bond acceptors (Lipinski definition) is 8. The number of ether oxygens (including phenoxy) is 2. The van der Waals surface area contributed by atoms with Gasteiger partial charge in [-0.1, -0.05) is 70.7 Å². The van der Waals surface area contributed by atoms with Crippen LogP contribution in [0.25, 0.3) is 0 Å². The zero-order valence-corrected chi connectivity index (χ0v) is 31.6. The van der Waals surface area contributed by atoms with Crippen LogP contribution >= 0.6 is 34.8 Å². The number of imide groups is 2. The summed E-state index contributed by atoms with van der Waals surface area (Å²) >= 11 is 19.2. The van der Waals surface area contributed by atoms with Crippen molar-refractivity contribution in [3.05, 3.63) is 122 Å². The highest BCUT2D eigenvalue weighted by molar-refractivity contribution is 6.36. The van der Waals surface area contributed by atoms with Crippen LogP contribution in [0.1, 0.15) is 35.4 Å². The number of amides is 4. The van der Waals surface area contributed by atoms with Crippen LogP contribution < -0.4 is 19.8 Å². The van der Waals surface area contributed by atoms with Crippen LogP contribution in [0, 0.1) is 30.6 Å². The second-order valence-corrected chi connectivity index (χ2v) is 15.3. The molecule has 4 aliphatic rings. The summed E-state index contributed by atoms with van der Waals surface area (Å²) in [7, 11) is 2.99. The molecule has 2 saturated heterocycles. The molecule has 2 heterocycles. The largest absolute Gasteiger partial charge is 0.508 e. The van der Waals surface area contributed by atoms with E-state index in [1.54, 1.807) is 66.7 Å². The lowest BCUT2D eigenvalue weighted by Gasteiger charge is -2.50. The third-order valence-corrected chi connectivity index (χ3v) is 12.5. The van der Waals surface area contributed by atoms with Crippen molar-refractivity contribution >= 4 is 69.8 Å². The SMILES string of the molecule is COc1ccc([C@@]23C(=O)N(Nc4ccc(Cl)cc4Cl)C(=O)[C@@H]2C[C@@H]2C(=CC[C@@H]4C(=O)N(c5ccc(C)c(Cl)c5)C(=O)[C@@H]42)[C@@H]3c2c(O)cccc2OC)cc1. The Bertz CT molecular complexity index is 2300. The van der Waals surface area contributed by atoms with Gasteiger partial charge in [0.1, 0.15) is 17.2 Å². The summed E-state index contributed by atoms with van der Waals surface area (Å²) in [6, 6.07) is 21.4. The van der Waals surface area contributed by atoms with Gasteiger partial charge in [-0.25, -0.2) is 4.90 Å². The zero-order chi connectivity index (χ0) is 38.2. The van der Waals surface area contributed by atoms with Gasteiger partial charge < -0.3 is 14.6 Å². The number of methoxy groups -OCH3 is 2. The van der Waals surface area contributed by atoms with E-state index in [1.807, 2.05) is 13.0 Å². The molecule has 0 unspecified atom stereocenters. The second kappa shape index (κ2) is 13.4. The van der Waals surface area contributed by atoms with Gasteiger partial charge in [0.05, 0.1) is 53.8 Å². The first-order valence-corrected chi connectivity index (χ1v) is 18.5. The molecule has 2 N–H and O–H groups in total. The summed E-state index contributed by atoms with van der Waals surface area (Å²) in [5.41, 5.74) is 4.14. The number of carbonyl (C=O) groups is 4. The monoisotopic (exact) mass is 785 g/mol. The predicted molar refractivity (Wildman–Crippen MR) is 204 cm³/mol. The number of anilines is 2. The van der Waals surface area contributed by atoms with Gasteiger partial charge in [-0.3, -0.25) is 24.6 Å². The topological polar surface area (TPSA) is 125 Å².